The van der Waals surface area contributed by atoms with Crippen LogP contribution in [0.15, 0.2) is 47.4 Å². The standard InChI is InChI=1S/C25H29N7O2/c1-5-31-23(33)19-14-26-24(27-18-10-9-16-11-12-30(4)15-17(16)13-18)29-22(19)32(31)21-8-6-7-20(28-21)25(2,3)34/h6-10,13-14,34H,5,11-12,15H2,1-4H3,(H,26,27,29). The van der Waals surface area contributed by atoms with Crippen LogP contribution in [0.2, 0.25) is 0 Å². The number of hydrogen-bond acceptors (Lipinski definition) is 7. The molecule has 0 amide bonds. The van der Waals surface area contributed by atoms with Crippen molar-refractivity contribution < 1.29 is 5.11 Å². The van der Waals surface area contributed by atoms with Crippen molar-refractivity contribution in [1.29, 1.82) is 0 Å². The Kier molecular flexibility index (Phi) is 5.45. The number of pyridine rings is 1. The van der Waals surface area contributed by atoms with Gasteiger partial charge < -0.3 is 15.3 Å². The summed E-state index contributed by atoms with van der Waals surface area (Å²) in [5, 5.41) is 14.1. The molecule has 0 radical (unpaired) electrons. The average molecular weight is 460 g/mol. The summed E-state index contributed by atoms with van der Waals surface area (Å²) < 4.78 is 3.27. The van der Waals surface area contributed by atoms with E-state index in [1.54, 1.807) is 41.5 Å². The number of fused-ring (bicyclic) bond motifs is 2. The quantitative estimate of drug-likeness (QED) is 0.473. The molecule has 2 N–H and O–H groups in total. The molecule has 34 heavy (non-hydrogen) atoms. The van der Waals surface area contributed by atoms with Gasteiger partial charge in [-0.25, -0.2) is 19.3 Å². The van der Waals surface area contributed by atoms with Gasteiger partial charge in [-0.2, -0.15) is 4.98 Å². The molecule has 1 aromatic carbocycles. The molecule has 4 heterocycles. The number of likely N-dealkylation sites (N-methyl/N-ethyl adjacent to an activating group) is 1. The number of anilines is 2. The van der Waals surface area contributed by atoms with E-state index in [4.69, 9.17) is 4.98 Å². The summed E-state index contributed by atoms with van der Waals surface area (Å²) in [6.07, 6.45) is 2.60. The smallest absolute Gasteiger partial charge is 0.278 e. The maximum absolute atomic E-state index is 13.1. The van der Waals surface area contributed by atoms with Crippen LogP contribution in [0.1, 0.15) is 37.6 Å². The lowest BCUT2D eigenvalue weighted by molar-refractivity contribution is 0.0738. The molecular weight excluding hydrogens is 430 g/mol. The molecule has 9 heteroatoms. The molecule has 5 rings (SSSR count). The fourth-order valence-corrected chi connectivity index (χ4v) is 4.39. The predicted octanol–water partition coefficient (Wildman–Crippen LogP) is 2.96. The fourth-order valence-electron chi connectivity index (χ4n) is 4.39. The molecule has 0 atom stereocenters. The van der Waals surface area contributed by atoms with Crippen LogP contribution < -0.4 is 10.9 Å². The summed E-state index contributed by atoms with van der Waals surface area (Å²) in [6, 6.07) is 11.7. The number of nitrogens with zero attached hydrogens (tertiary/aromatic N) is 6. The number of aromatic nitrogens is 5. The lowest BCUT2D eigenvalue weighted by atomic mass is 9.99. The van der Waals surface area contributed by atoms with E-state index in [1.807, 2.05) is 19.1 Å². The molecule has 1 aliphatic heterocycles. The highest BCUT2D eigenvalue weighted by molar-refractivity contribution is 5.77. The Balaban J connectivity index is 1.59. The number of hydrogen-bond donors (Lipinski definition) is 2. The molecule has 3 aromatic heterocycles. The van der Waals surface area contributed by atoms with Crippen molar-refractivity contribution >= 4 is 22.7 Å². The Labute approximate surface area is 197 Å². The third-order valence-electron chi connectivity index (χ3n) is 6.22. The van der Waals surface area contributed by atoms with E-state index in [2.05, 4.69) is 39.4 Å². The highest BCUT2D eigenvalue weighted by Crippen LogP contribution is 2.25. The second kappa shape index (κ2) is 8.34. The third-order valence-corrected chi connectivity index (χ3v) is 6.22. The molecule has 0 aliphatic carbocycles. The minimum absolute atomic E-state index is 0.184. The molecule has 0 saturated carbocycles. The second-order valence-electron chi connectivity index (χ2n) is 9.30. The summed E-state index contributed by atoms with van der Waals surface area (Å²) in [5.41, 5.74) is 3.23. The van der Waals surface area contributed by atoms with Gasteiger partial charge in [0.15, 0.2) is 11.5 Å². The van der Waals surface area contributed by atoms with Crippen molar-refractivity contribution in [2.45, 2.75) is 45.9 Å². The summed E-state index contributed by atoms with van der Waals surface area (Å²) >= 11 is 0. The normalized spacial score (nSPS) is 14.4. The Morgan fingerprint density at radius 1 is 1.15 bits per heavy atom. The topological polar surface area (TPSA) is 101 Å². The van der Waals surface area contributed by atoms with Gasteiger partial charge in [0, 0.05) is 31.5 Å². The minimum atomic E-state index is -1.11. The van der Waals surface area contributed by atoms with Gasteiger partial charge in [-0.05, 0) is 69.6 Å². The molecule has 0 unspecified atom stereocenters. The Morgan fingerprint density at radius 2 is 1.97 bits per heavy atom. The molecule has 0 bridgehead atoms. The predicted molar refractivity (Wildman–Crippen MR) is 132 cm³/mol. The van der Waals surface area contributed by atoms with Gasteiger partial charge in [0.2, 0.25) is 5.95 Å². The van der Waals surface area contributed by atoms with E-state index in [0.717, 1.165) is 25.2 Å². The van der Waals surface area contributed by atoms with Crippen molar-refractivity contribution in [2.24, 2.45) is 0 Å². The molecule has 0 spiro atoms. The molecular formula is C25H29N7O2. The Hall–Kier alpha value is -3.56. The number of aliphatic hydroxyl groups is 1. The van der Waals surface area contributed by atoms with E-state index < -0.39 is 5.60 Å². The zero-order valence-corrected chi connectivity index (χ0v) is 19.9. The maximum atomic E-state index is 13.1. The monoisotopic (exact) mass is 459 g/mol. The van der Waals surface area contributed by atoms with Crippen molar-refractivity contribution in [1.82, 2.24) is 29.2 Å². The fraction of sp³-hybridized carbons (Fsp3) is 0.360. The molecule has 176 valence electrons. The summed E-state index contributed by atoms with van der Waals surface area (Å²) in [6.45, 7) is 7.67. The first kappa shape index (κ1) is 22.2. The maximum Gasteiger partial charge on any atom is 0.278 e. The van der Waals surface area contributed by atoms with Crippen molar-refractivity contribution in [3.63, 3.8) is 0 Å². The van der Waals surface area contributed by atoms with Gasteiger partial charge in [0.25, 0.3) is 5.56 Å². The van der Waals surface area contributed by atoms with Gasteiger partial charge in [-0.3, -0.25) is 4.79 Å². The number of benzene rings is 1. The third kappa shape index (κ3) is 3.97. The van der Waals surface area contributed by atoms with Crippen molar-refractivity contribution in [3.05, 3.63) is 69.8 Å². The van der Waals surface area contributed by atoms with E-state index in [-0.39, 0.29) is 5.56 Å². The van der Waals surface area contributed by atoms with Gasteiger partial charge in [0.05, 0.1) is 5.69 Å². The van der Waals surface area contributed by atoms with Gasteiger partial charge in [-0.1, -0.05) is 12.1 Å². The lowest BCUT2D eigenvalue weighted by Crippen LogP contribution is -2.26. The summed E-state index contributed by atoms with van der Waals surface area (Å²) in [5.74, 6) is 0.910. The van der Waals surface area contributed by atoms with Gasteiger partial charge >= 0.3 is 0 Å². The summed E-state index contributed by atoms with van der Waals surface area (Å²) in [7, 11) is 2.12. The largest absolute Gasteiger partial charge is 0.384 e. The first-order valence-corrected chi connectivity index (χ1v) is 11.5. The Bertz CT molecular complexity index is 1430. The zero-order valence-electron chi connectivity index (χ0n) is 19.9. The SMILES string of the molecule is CCn1c(=O)c2cnc(Nc3ccc4c(c3)CN(C)CC4)nc2n1-c1cccc(C(C)(C)O)n1. The first-order chi connectivity index (χ1) is 16.2. The van der Waals surface area contributed by atoms with E-state index in [1.165, 1.54) is 11.1 Å². The van der Waals surface area contributed by atoms with Crippen LogP contribution in [-0.4, -0.2) is 47.9 Å². The molecule has 0 fully saturated rings. The zero-order chi connectivity index (χ0) is 24.0. The number of nitrogens with one attached hydrogen (secondary N) is 1. The van der Waals surface area contributed by atoms with Crippen LogP contribution in [0.25, 0.3) is 16.9 Å². The van der Waals surface area contributed by atoms with Crippen LogP contribution in [0.4, 0.5) is 11.6 Å². The first-order valence-electron chi connectivity index (χ1n) is 11.5. The Morgan fingerprint density at radius 3 is 2.74 bits per heavy atom. The van der Waals surface area contributed by atoms with E-state index in [9.17, 15) is 9.90 Å². The highest BCUT2D eigenvalue weighted by atomic mass is 16.3. The second-order valence-corrected chi connectivity index (χ2v) is 9.30. The highest BCUT2D eigenvalue weighted by Gasteiger charge is 2.22. The van der Waals surface area contributed by atoms with Crippen LogP contribution in [0.5, 0.6) is 0 Å². The van der Waals surface area contributed by atoms with Crippen LogP contribution >= 0.6 is 0 Å². The lowest BCUT2D eigenvalue weighted by Gasteiger charge is -2.25. The molecule has 4 aromatic rings. The van der Waals surface area contributed by atoms with Gasteiger partial charge in [-0.15, -0.1) is 0 Å². The van der Waals surface area contributed by atoms with Gasteiger partial charge in [0.1, 0.15) is 11.0 Å². The molecule has 9 nitrogen and oxygen atoms in total. The van der Waals surface area contributed by atoms with Crippen molar-refractivity contribution in [3.8, 4) is 5.82 Å². The van der Waals surface area contributed by atoms with E-state index >= 15 is 0 Å². The van der Waals surface area contributed by atoms with Crippen LogP contribution in [0, 0.1) is 0 Å². The molecule has 0 saturated heterocycles. The summed E-state index contributed by atoms with van der Waals surface area (Å²) in [4.78, 5) is 29.1. The molecule has 1 aliphatic rings. The average Bonchev–Trinajstić information content (AvgIpc) is 3.09. The van der Waals surface area contributed by atoms with Crippen LogP contribution in [-0.2, 0) is 25.1 Å². The van der Waals surface area contributed by atoms with Crippen LogP contribution in [0.3, 0.4) is 0 Å². The number of rotatable bonds is 5. The van der Waals surface area contributed by atoms with E-state index in [0.29, 0.717) is 35.0 Å². The minimum Gasteiger partial charge on any atom is -0.384 e. The van der Waals surface area contributed by atoms with Crippen molar-refractivity contribution in [2.75, 3.05) is 18.9 Å².